The summed E-state index contributed by atoms with van der Waals surface area (Å²) < 4.78 is 0. The maximum Gasteiger partial charge on any atom is 0.0334 e. The number of fused-ring (bicyclic) bond motifs is 6. The van der Waals surface area contributed by atoms with E-state index in [2.05, 4.69) is 129 Å². The molecule has 0 nitrogen and oxygen atoms in total. The van der Waals surface area contributed by atoms with Gasteiger partial charge in [-0.05, 0) is 107 Å². The second-order valence-corrected chi connectivity index (χ2v) is 11.6. The average molecular weight is 493 g/mol. The van der Waals surface area contributed by atoms with Crippen LogP contribution < -0.4 is 0 Å². The molecule has 0 heteroatoms. The van der Waals surface area contributed by atoms with Gasteiger partial charge in [-0.25, -0.2) is 0 Å². The van der Waals surface area contributed by atoms with Crippen LogP contribution in [0.4, 0.5) is 0 Å². The maximum atomic E-state index is 3.32. The maximum absolute atomic E-state index is 3.32. The van der Waals surface area contributed by atoms with E-state index >= 15 is 0 Å². The third kappa shape index (κ3) is 2.70. The fraction of sp³-hybridized carbons (Fsp3) is 0.0769. The van der Waals surface area contributed by atoms with Crippen molar-refractivity contribution in [2.24, 2.45) is 0 Å². The molecule has 9 rings (SSSR count). The van der Waals surface area contributed by atoms with Crippen molar-refractivity contribution in [1.82, 2.24) is 0 Å². The van der Waals surface area contributed by atoms with E-state index in [0.29, 0.717) is 0 Å². The van der Waals surface area contributed by atoms with Crippen LogP contribution in [-0.2, 0) is 5.41 Å². The molecule has 0 amide bonds. The average Bonchev–Trinajstić information content (AvgIpc) is 3.20. The molecule has 0 aliphatic heterocycles. The van der Waals surface area contributed by atoms with Crippen molar-refractivity contribution in [3.8, 4) is 22.3 Å². The molecule has 0 atom stereocenters. The molecule has 1 aliphatic carbocycles. The van der Waals surface area contributed by atoms with Crippen LogP contribution in [0, 0.1) is 12.1 Å². The molecule has 0 fully saturated rings. The first kappa shape index (κ1) is 21.1. The summed E-state index contributed by atoms with van der Waals surface area (Å²) in [5.74, 6) is 0. The first-order valence-corrected chi connectivity index (χ1v) is 13.7. The number of hydrogen-bond donors (Lipinski definition) is 0. The minimum atomic E-state index is -0.0135. The third-order valence-electron chi connectivity index (χ3n) is 9.23. The highest BCUT2D eigenvalue weighted by Gasteiger charge is 2.35. The smallest absolute Gasteiger partial charge is 0.0334 e. The van der Waals surface area contributed by atoms with Gasteiger partial charge >= 0.3 is 0 Å². The fourth-order valence-corrected chi connectivity index (χ4v) is 7.26. The summed E-state index contributed by atoms with van der Waals surface area (Å²) in [7, 11) is 0. The van der Waals surface area contributed by atoms with Crippen molar-refractivity contribution in [1.29, 1.82) is 0 Å². The summed E-state index contributed by atoms with van der Waals surface area (Å²) in [6.07, 6.45) is 0. The van der Waals surface area contributed by atoms with Gasteiger partial charge in [-0.2, -0.15) is 0 Å². The first-order valence-electron chi connectivity index (χ1n) is 13.7. The molecule has 39 heavy (non-hydrogen) atoms. The van der Waals surface area contributed by atoms with E-state index in [-0.39, 0.29) is 5.41 Å². The lowest BCUT2D eigenvalue weighted by Gasteiger charge is -2.22. The Morgan fingerprint density at radius 1 is 0.513 bits per heavy atom. The van der Waals surface area contributed by atoms with Gasteiger partial charge in [-0.1, -0.05) is 105 Å². The monoisotopic (exact) mass is 492 g/mol. The highest BCUT2D eigenvalue weighted by molar-refractivity contribution is 6.25. The van der Waals surface area contributed by atoms with Crippen molar-refractivity contribution >= 4 is 53.9 Å². The van der Waals surface area contributed by atoms with Crippen LogP contribution in [0.15, 0.2) is 109 Å². The van der Waals surface area contributed by atoms with E-state index in [4.69, 9.17) is 0 Å². The molecule has 1 aliphatic rings. The van der Waals surface area contributed by atoms with Gasteiger partial charge < -0.3 is 0 Å². The summed E-state index contributed by atoms with van der Waals surface area (Å²) in [5, 5.41) is 12.8. The van der Waals surface area contributed by atoms with Gasteiger partial charge in [0.1, 0.15) is 0 Å². The van der Waals surface area contributed by atoms with Crippen molar-refractivity contribution in [2.75, 3.05) is 0 Å². The Balaban J connectivity index is 1.32. The van der Waals surface area contributed by atoms with Gasteiger partial charge in [0.15, 0.2) is 0 Å². The molecule has 8 aromatic carbocycles. The van der Waals surface area contributed by atoms with Gasteiger partial charge in [0.25, 0.3) is 0 Å². The van der Waals surface area contributed by atoms with Crippen molar-refractivity contribution in [2.45, 2.75) is 19.3 Å². The third-order valence-corrected chi connectivity index (χ3v) is 9.23. The predicted octanol–water partition coefficient (Wildman–Crippen LogP) is 10.5. The molecule has 0 N–H and O–H groups in total. The zero-order chi connectivity index (χ0) is 25.9. The quantitative estimate of drug-likeness (QED) is 0.200. The molecule has 180 valence electrons. The van der Waals surface area contributed by atoms with Crippen LogP contribution in [0.5, 0.6) is 0 Å². The molecule has 0 saturated heterocycles. The van der Waals surface area contributed by atoms with Crippen LogP contribution in [-0.4, -0.2) is 0 Å². The lowest BCUT2D eigenvalue weighted by Crippen LogP contribution is -2.14. The molecule has 0 unspecified atom stereocenters. The van der Waals surface area contributed by atoms with Crippen LogP contribution >= 0.6 is 0 Å². The summed E-state index contributed by atoms with van der Waals surface area (Å²) in [5.41, 5.74) is 8.11. The minimum Gasteiger partial charge on any atom is -0.0689 e. The molecule has 0 saturated carbocycles. The zero-order valence-corrected chi connectivity index (χ0v) is 21.9. The van der Waals surface area contributed by atoms with Crippen molar-refractivity contribution in [3.63, 3.8) is 0 Å². The van der Waals surface area contributed by atoms with Gasteiger partial charge in [0.2, 0.25) is 0 Å². The van der Waals surface area contributed by atoms with Gasteiger partial charge in [0.05, 0.1) is 0 Å². The molecule has 0 radical (unpaired) electrons. The van der Waals surface area contributed by atoms with E-state index in [1.807, 2.05) is 6.07 Å². The Kier molecular flexibility index (Phi) is 3.88. The first-order chi connectivity index (χ1) is 19.1. The predicted molar refractivity (Wildman–Crippen MR) is 166 cm³/mol. The highest BCUT2D eigenvalue weighted by atomic mass is 14.4. The molecule has 0 heterocycles. The summed E-state index contributed by atoms with van der Waals surface area (Å²) >= 11 is 0. The van der Waals surface area contributed by atoms with Gasteiger partial charge in [-0.15, -0.1) is 0 Å². The second-order valence-electron chi connectivity index (χ2n) is 11.6. The van der Waals surface area contributed by atoms with Crippen LogP contribution in [0.1, 0.15) is 25.0 Å². The molecular formula is C39H24. The summed E-state index contributed by atoms with van der Waals surface area (Å²) in [4.78, 5) is 0. The molecule has 0 aromatic heterocycles. The van der Waals surface area contributed by atoms with Gasteiger partial charge in [0, 0.05) is 16.2 Å². The van der Waals surface area contributed by atoms with E-state index in [0.717, 1.165) is 5.39 Å². The van der Waals surface area contributed by atoms with E-state index < -0.39 is 0 Å². The normalized spacial score (nSPS) is 13.9. The number of rotatable bonds is 1. The molecule has 0 bridgehead atoms. The lowest BCUT2D eigenvalue weighted by molar-refractivity contribution is 0.661. The largest absolute Gasteiger partial charge is 0.0689 e. The molecular weight excluding hydrogens is 468 g/mol. The van der Waals surface area contributed by atoms with E-state index in [1.165, 1.54) is 81.9 Å². The summed E-state index contributed by atoms with van der Waals surface area (Å²) in [6.45, 7) is 4.72. The Labute approximate surface area is 227 Å². The molecule has 8 aromatic rings. The zero-order valence-electron chi connectivity index (χ0n) is 21.9. The van der Waals surface area contributed by atoms with Crippen molar-refractivity contribution in [3.05, 3.63) is 132 Å². The van der Waals surface area contributed by atoms with Crippen molar-refractivity contribution < 1.29 is 0 Å². The minimum absolute atomic E-state index is 0.0135. The second kappa shape index (κ2) is 7.16. The highest BCUT2D eigenvalue weighted by Crippen LogP contribution is 2.50. The number of benzene rings is 7. The van der Waals surface area contributed by atoms with E-state index in [1.54, 1.807) is 0 Å². The molecule has 0 spiro atoms. The van der Waals surface area contributed by atoms with E-state index in [9.17, 15) is 0 Å². The van der Waals surface area contributed by atoms with Crippen LogP contribution in [0.25, 0.3) is 76.1 Å². The fourth-order valence-electron chi connectivity index (χ4n) is 7.26. The standard InChI is InChI=1S/C39H24/c1-39(2)35-9-4-3-8-30(35)34-21-28-15-11-23-10-14-27(20-32(23)33(28)22-36(34)39)29-18-16-26-13-12-24-6-5-7-25-17-19-31(29)38(26)37(24)25/h3-4,7-22H,1-2H3. The Hall–Kier alpha value is -4.86. The topological polar surface area (TPSA) is 0 Å². The lowest BCUT2D eigenvalue weighted by atomic mass is 9.81. The Morgan fingerprint density at radius 2 is 1.28 bits per heavy atom. The summed E-state index contributed by atoms with van der Waals surface area (Å²) in [6, 6.07) is 47.3. The van der Waals surface area contributed by atoms with Crippen LogP contribution in [0.3, 0.4) is 0 Å². The number of hydrogen-bond acceptors (Lipinski definition) is 0. The van der Waals surface area contributed by atoms with Gasteiger partial charge in [-0.3, -0.25) is 0 Å². The Bertz CT molecular complexity index is 2280. The van der Waals surface area contributed by atoms with Crippen LogP contribution in [0.2, 0.25) is 0 Å². The Morgan fingerprint density at radius 3 is 2.23 bits per heavy atom. The SMILES string of the molecule is CC1(C)c2ccccc2-c2cc3ccc4ccc(-c5ccc6ccc7c#ccc8ccc5c6c78)cc4c3cc21.